The molecule has 0 aliphatic heterocycles. The maximum Gasteiger partial charge on any atom is 0.110 e. The molecule has 84 valence electrons. The monoisotopic (exact) mass is 223 g/mol. The summed E-state index contributed by atoms with van der Waals surface area (Å²) in [5, 5.41) is 9.04. The van der Waals surface area contributed by atoms with Crippen LogP contribution in [0.3, 0.4) is 0 Å². The van der Waals surface area contributed by atoms with Crippen molar-refractivity contribution >= 4 is 0 Å². The van der Waals surface area contributed by atoms with E-state index in [1.54, 1.807) is 6.20 Å². The topological polar surface area (TPSA) is 41.6 Å². The normalized spacial score (nSPS) is 17.8. The second-order valence-electron chi connectivity index (χ2n) is 4.45. The highest BCUT2D eigenvalue weighted by Crippen LogP contribution is 2.33. The lowest BCUT2D eigenvalue weighted by atomic mass is 10.0. The summed E-state index contributed by atoms with van der Waals surface area (Å²) in [7, 11) is 0. The molecule has 0 saturated carbocycles. The minimum atomic E-state index is 0.0861. The van der Waals surface area contributed by atoms with Crippen LogP contribution in [0.5, 0.6) is 0 Å². The molecular weight excluding hydrogens is 210 g/mol. The molecular formula is C14H13N3. The van der Waals surface area contributed by atoms with Gasteiger partial charge in [-0.2, -0.15) is 5.26 Å². The average molecular weight is 223 g/mol. The minimum absolute atomic E-state index is 0.0861. The first kappa shape index (κ1) is 10.1. The molecule has 0 saturated heterocycles. The van der Waals surface area contributed by atoms with Crippen molar-refractivity contribution in [2.75, 3.05) is 0 Å². The Morgan fingerprint density at radius 2 is 2.35 bits per heavy atom. The van der Waals surface area contributed by atoms with Crippen LogP contribution in [-0.4, -0.2) is 9.55 Å². The van der Waals surface area contributed by atoms with Gasteiger partial charge < -0.3 is 4.57 Å². The van der Waals surface area contributed by atoms with E-state index in [-0.39, 0.29) is 5.92 Å². The highest BCUT2D eigenvalue weighted by molar-refractivity contribution is 5.46. The van der Waals surface area contributed by atoms with Crippen molar-refractivity contribution in [1.82, 2.24) is 9.55 Å². The molecule has 1 aromatic heterocycles. The minimum Gasteiger partial charge on any atom is -0.304 e. The van der Waals surface area contributed by atoms with Crippen molar-refractivity contribution in [3.63, 3.8) is 0 Å². The van der Waals surface area contributed by atoms with Crippen molar-refractivity contribution in [3.8, 4) is 11.8 Å². The number of aryl methyl sites for hydroxylation is 2. The van der Waals surface area contributed by atoms with E-state index in [4.69, 9.17) is 5.26 Å². The Morgan fingerprint density at radius 1 is 1.47 bits per heavy atom. The maximum absolute atomic E-state index is 9.04. The van der Waals surface area contributed by atoms with E-state index in [0.29, 0.717) is 0 Å². The quantitative estimate of drug-likeness (QED) is 0.746. The third kappa shape index (κ3) is 1.53. The molecule has 3 rings (SSSR count). The third-order valence-corrected chi connectivity index (χ3v) is 3.46. The maximum atomic E-state index is 9.04. The van der Waals surface area contributed by atoms with Gasteiger partial charge in [-0.3, -0.25) is 0 Å². The van der Waals surface area contributed by atoms with E-state index in [1.807, 2.05) is 13.1 Å². The van der Waals surface area contributed by atoms with Crippen LogP contribution in [0.4, 0.5) is 0 Å². The summed E-state index contributed by atoms with van der Waals surface area (Å²) in [4.78, 5) is 4.23. The van der Waals surface area contributed by atoms with E-state index in [0.717, 1.165) is 24.4 Å². The fourth-order valence-electron chi connectivity index (χ4n) is 2.54. The smallest absolute Gasteiger partial charge is 0.110 e. The van der Waals surface area contributed by atoms with Gasteiger partial charge in [0.25, 0.3) is 0 Å². The largest absolute Gasteiger partial charge is 0.304 e. The Kier molecular flexibility index (Phi) is 2.22. The molecule has 1 atom stereocenters. The van der Waals surface area contributed by atoms with Gasteiger partial charge in [-0.15, -0.1) is 0 Å². The van der Waals surface area contributed by atoms with Gasteiger partial charge in [0.2, 0.25) is 0 Å². The summed E-state index contributed by atoms with van der Waals surface area (Å²) in [6.07, 6.45) is 5.74. The van der Waals surface area contributed by atoms with Gasteiger partial charge in [-0.05, 0) is 43.0 Å². The molecule has 0 radical (unpaired) electrons. The lowest BCUT2D eigenvalue weighted by molar-refractivity contribution is 0.826. The molecule has 0 spiro atoms. The molecule has 0 amide bonds. The van der Waals surface area contributed by atoms with E-state index in [1.165, 1.54) is 11.1 Å². The molecule has 0 N–H and O–H groups in total. The standard InChI is InChI=1S/C14H13N3/c1-10-16-6-7-17(10)13-4-5-14-11(8-13)2-3-12(14)9-15/h4-8,12H,2-3H2,1H3. The van der Waals surface area contributed by atoms with Gasteiger partial charge in [0.15, 0.2) is 0 Å². The molecule has 1 aliphatic carbocycles. The molecule has 1 aromatic carbocycles. The summed E-state index contributed by atoms with van der Waals surface area (Å²) < 4.78 is 2.07. The Bertz CT molecular complexity index is 604. The number of imidazole rings is 1. The number of benzene rings is 1. The SMILES string of the molecule is Cc1nccn1-c1ccc2c(c1)CCC2C#N. The van der Waals surface area contributed by atoms with Crippen molar-refractivity contribution in [2.24, 2.45) is 0 Å². The van der Waals surface area contributed by atoms with Crippen LogP contribution in [0, 0.1) is 18.3 Å². The van der Waals surface area contributed by atoms with Gasteiger partial charge in [0, 0.05) is 18.1 Å². The van der Waals surface area contributed by atoms with Crippen LogP contribution >= 0.6 is 0 Å². The van der Waals surface area contributed by atoms with Crippen molar-refractivity contribution in [3.05, 3.63) is 47.5 Å². The highest BCUT2D eigenvalue weighted by Gasteiger charge is 2.22. The van der Waals surface area contributed by atoms with Crippen LogP contribution in [0.15, 0.2) is 30.6 Å². The van der Waals surface area contributed by atoms with E-state index >= 15 is 0 Å². The van der Waals surface area contributed by atoms with Crippen molar-refractivity contribution in [1.29, 1.82) is 5.26 Å². The Balaban J connectivity index is 2.07. The van der Waals surface area contributed by atoms with Gasteiger partial charge in [0.05, 0.1) is 12.0 Å². The first-order valence-electron chi connectivity index (χ1n) is 5.82. The average Bonchev–Trinajstić information content (AvgIpc) is 2.93. The molecule has 2 aromatic rings. The third-order valence-electron chi connectivity index (χ3n) is 3.46. The van der Waals surface area contributed by atoms with Gasteiger partial charge in [-0.25, -0.2) is 4.98 Å². The molecule has 0 fully saturated rings. The molecule has 1 aliphatic rings. The predicted octanol–water partition coefficient (Wildman–Crippen LogP) is 2.73. The zero-order chi connectivity index (χ0) is 11.8. The molecule has 17 heavy (non-hydrogen) atoms. The summed E-state index contributed by atoms with van der Waals surface area (Å²) in [6, 6.07) is 8.71. The van der Waals surface area contributed by atoms with Crippen LogP contribution in [-0.2, 0) is 6.42 Å². The van der Waals surface area contributed by atoms with Crippen molar-refractivity contribution in [2.45, 2.75) is 25.7 Å². The Hall–Kier alpha value is -2.08. The number of aromatic nitrogens is 2. The van der Waals surface area contributed by atoms with E-state index in [9.17, 15) is 0 Å². The fourth-order valence-corrected chi connectivity index (χ4v) is 2.54. The lowest BCUT2D eigenvalue weighted by Gasteiger charge is -2.08. The van der Waals surface area contributed by atoms with Crippen LogP contribution in [0.25, 0.3) is 5.69 Å². The predicted molar refractivity (Wildman–Crippen MR) is 65.0 cm³/mol. The highest BCUT2D eigenvalue weighted by atomic mass is 15.1. The summed E-state index contributed by atoms with van der Waals surface area (Å²) >= 11 is 0. The lowest BCUT2D eigenvalue weighted by Crippen LogP contribution is -1.97. The van der Waals surface area contributed by atoms with E-state index < -0.39 is 0 Å². The van der Waals surface area contributed by atoms with E-state index in [2.05, 4.69) is 33.8 Å². The molecule has 3 heteroatoms. The zero-order valence-corrected chi connectivity index (χ0v) is 9.72. The second kappa shape index (κ2) is 3.74. The first-order chi connectivity index (χ1) is 8.29. The molecule has 1 unspecified atom stereocenters. The summed E-state index contributed by atoms with van der Waals surface area (Å²) in [5.74, 6) is 1.07. The van der Waals surface area contributed by atoms with Gasteiger partial charge in [0.1, 0.15) is 5.82 Å². The molecule has 3 nitrogen and oxygen atoms in total. The number of hydrogen-bond acceptors (Lipinski definition) is 2. The zero-order valence-electron chi connectivity index (χ0n) is 9.72. The van der Waals surface area contributed by atoms with Crippen molar-refractivity contribution < 1.29 is 0 Å². The molecule has 0 bridgehead atoms. The fraction of sp³-hybridized carbons (Fsp3) is 0.286. The van der Waals surface area contributed by atoms with Gasteiger partial charge in [-0.1, -0.05) is 6.07 Å². The number of nitriles is 1. The number of fused-ring (bicyclic) bond motifs is 1. The van der Waals surface area contributed by atoms with Crippen LogP contribution in [0.1, 0.15) is 29.3 Å². The Morgan fingerprint density at radius 3 is 3.06 bits per heavy atom. The summed E-state index contributed by atoms with van der Waals surface area (Å²) in [5.41, 5.74) is 3.65. The number of rotatable bonds is 1. The first-order valence-corrected chi connectivity index (χ1v) is 5.82. The Labute approximate surface area is 100 Å². The summed E-state index contributed by atoms with van der Waals surface area (Å²) in [6.45, 7) is 1.99. The van der Waals surface area contributed by atoms with Crippen LogP contribution in [0.2, 0.25) is 0 Å². The number of hydrogen-bond donors (Lipinski definition) is 0. The van der Waals surface area contributed by atoms with Gasteiger partial charge >= 0.3 is 0 Å². The second-order valence-corrected chi connectivity index (χ2v) is 4.45. The molecule has 1 heterocycles. The van der Waals surface area contributed by atoms with Crippen LogP contribution < -0.4 is 0 Å². The number of nitrogens with zero attached hydrogens (tertiary/aromatic N) is 3.